The van der Waals surface area contributed by atoms with E-state index in [1.54, 1.807) is 6.07 Å². The van der Waals surface area contributed by atoms with Gasteiger partial charge in [-0.1, -0.05) is 54.1 Å². The molecule has 4 rings (SSSR count). The van der Waals surface area contributed by atoms with Crippen molar-refractivity contribution in [2.45, 2.75) is 20.1 Å². The van der Waals surface area contributed by atoms with Crippen molar-refractivity contribution < 1.29 is 14.3 Å². The summed E-state index contributed by atoms with van der Waals surface area (Å²) >= 11 is 6.36. The van der Waals surface area contributed by atoms with Crippen LogP contribution in [0.2, 0.25) is 5.02 Å². The molecule has 3 aromatic carbocycles. The largest absolute Gasteiger partial charge is 0.488 e. The van der Waals surface area contributed by atoms with Crippen molar-refractivity contribution in [3.8, 4) is 16.9 Å². The predicted molar refractivity (Wildman–Crippen MR) is 127 cm³/mol. The molecule has 1 heterocycles. The lowest BCUT2D eigenvalue weighted by atomic mass is 9.91. The van der Waals surface area contributed by atoms with Gasteiger partial charge in [-0.15, -0.1) is 0 Å². The number of hydrogen-bond acceptors (Lipinski definition) is 3. The summed E-state index contributed by atoms with van der Waals surface area (Å²) in [7, 11) is 1.40. The molecule has 0 spiro atoms. The summed E-state index contributed by atoms with van der Waals surface area (Å²) in [5.41, 5.74) is 4.97. The number of carbonyl (C=O) groups is 1. The highest BCUT2D eigenvalue weighted by Gasteiger charge is 2.22. The van der Waals surface area contributed by atoms with Gasteiger partial charge in [0, 0.05) is 35.1 Å². The Morgan fingerprint density at radius 3 is 2.41 bits per heavy atom. The molecular formula is C27H24ClNO3. The maximum absolute atomic E-state index is 13.0. The summed E-state index contributed by atoms with van der Waals surface area (Å²) in [5, 5.41) is 0.565. The van der Waals surface area contributed by atoms with Gasteiger partial charge in [-0.05, 0) is 53.9 Å². The van der Waals surface area contributed by atoms with Crippen LogP contribution in [-0.4, -0.2) is 17.6 Å². The van der Waals surface area contributed by atoms with Crippen molar-refractivity contribution in [1.29, 1.82) is 0 Å². The molecule has 0 saturated heterocycles. The number of aryl methyl sites for hydroxylation is 1. The van der Waals surface area contributed by atoms with E-state index in [4.69, 9.17) is 21.1 Å². The van der Waals surface area contributed by atoms with Crippen molar-refractivity contribution in [3.05, 3.63) is 112 Å². The number of carbonyl (C=O) groups excluding carboxylic acids is 1. The molecule has 0 saturated carbocycles. The number of esters is 1. The topological polar surface area (TPSA) is 40.5 Å². The summed E-state index contributed by atoms with van der Waals surface area (Å²) in [6.07, 6.45) is 3.95. The number of aromatic nitrogens is 1. The summed E-state index contributed by atoms with van der Waals surface area (Å²) in [4.78, 5) is 13.0. The van der Waals surface area contributed by atoms with Crippen LogP contribution in [-0.2, 0) is 17.9 Å². The van der Waals surface area contributed by atoms with Crippen molar-refractivity contribution in [1.82, 2.24) is 4.57 Å². The van der Waals surface area contributed by atoms with Crippen LogP contribution in [0, 0.1) is 6.92 Å². The second-order valence-corrected chi connectivity index (χ2v) is 7.98. The summed E-state index contributed by atoms with van der Waals surface area (Å²) < 4.78 is 13.4. The summed E-state index contributed by atoms with van der Waals surface area (Å²) in [5.74, 6) is 0.263. The van der Waals surface area contributed by atoms with Gasteiger partial charge in [0.05, 0.1) is 12.7 Å². The fourth-order valence-corrected chi connectivity index (χ4v) is 3.92. The Morgan fingerprint density at radius 2 is 1.69 bits per heavy atom. The lowest BCUT2D eigenvalue weighted by Gasteiger charge is -2.19. The monoisotopic (exact) mass is 445 g/mol. The molecule has 0 atom stereocenters. The predicted octanol–water partition coefficient (Wildman–Crippen LogP) is 6.53. The van der Waals surface area contributed by atoms with E-state index in [-0.39, 0.29) is 5.97 Å². The minimum absolute atomic E-state index is 0.389. The van der Waals surface area contributed by atoms with Gasteiger partial charge in [-0.3, -0.25) is 0 Å². The lowest BCUT2D eigenvalue weighted by molar-refractivity contribution is 0.0600. The maximum atomic E-state index is 13.0. The minimum atomic E-state index is -0.389. The highest BCUT2D eigenvalue weighted by atomic mass is 35.5. The van der Waals surface area contributed by atoms with Crippen LogP contribution in [0.3, 0.4) is 0 Å². The molecule has 0 aliphatic carbocycles. The van der Waals surface area contributed by atoms with Crippen LogP contribution < -0.4 is 4.74 Å². The summed E-state index contributed by atoms with van der Waals surface area (Å²) in [6, 6.07) is 23.3. The SMILES string of the molecule is COC(=O)c1c(-c2cc(Cl)ccc2OCc2ccccc2)ccc(C)c1Cn1cccc1. The third kappa shape index (κ3) is 4.71. The first-order valence-electron chi connectivity index (χ1n) is 10.3. The molecule has 5 heteroatoms. The fraction of sp³-hybridized carbons (Fsp3) is 0.148. The van der Waals surface area contributed by atoms with E-state index in [0.29, 0.717) is 29.5 Å². The quantitative estimate of drug-likeness (QED) is 0.303. The molecule has 0 unspecified atom stereocenters. The first-order chi connectivity index (χ1) is 15.6. The first-order valence-corrected chi connectivity index (χ1v) is 10.7. The van der Waals surface area contributed by atoms with Crippen LogP contribution in [0.1, 0.15) is 27.0 Å². The molecule has 0 aliphatic heterocycles. The van der Waals surface area contributed by atoms with Crippen LogP contribution >= 0.6 is 11.6 Å². The van der Waals surface area contributed by atoms with Crippen molar-refractivity contribution in [3.63, 3.8) is 0 Å². The standard InChI is InChI=1S/C27H24ClNO3/c1-19-10-12-22(26(27(30)31-2)24(19)17-29-14-6-7-15-29)23-16-21(28)11-13-25(23)32-18-20-8-4-3-5-9-20/h3-16H,17-18H2,1-2H3. The van der Waals surface area contributed by atoms with Gasteiger partial charge in [0.25, 0.3) is 0 Å². The Bertz CT molecular complexity index is 1220. The molecule has 162 valence electrons. The number of ether oxygens (including phenoxy) is 2. The zero-order chi connectivity index (χ0) is 22.5. The maximum Gasteiger partial charge on any atom is 0.338 e. The zero-order valence-electron chi connectivity index (χ0n) is 18.0. The van der Waals surface area contributed by atoms with E-state index in [2.05, 4.69) is 0 Å². The number of nitrogens with zero attached hydrogens (tertiary/aromatic N) is 1. The van der Waals surface area contributed by atoms with Gasteiger partial charge in [0.2, 0.25) is 0 Å². The fourth-order valence-electron chi connectivity index (χ4n) is 3.75. The van der Waals surface area contributed by atoms with Gasteiger partial charge in [0.15, 0.2) is 0 Å². The van der Waals surface area contributed by atoms with Gasteiger partial charge in [0.1, 0.15) is 12.4 Å². The Hall–Kier alpha value is -3.50. The molecule has 1 aromatic heterocycles. The Kier molecular flexibility index (Phi) is 6.62. The second kappa shape index (κ2) is 9.75. The van der Waals surface area contributed by atoms with Gasteiger partial charge >= 0.3 is 5.97 Å². The second-order valence-electron chi connectivity index (χ2n) is 7.55. The third-order valence-corrected chi connectivity index (χ3v) is 5.65. The van der Waals surface area contributed by atoms with E-state index in [1.807, 2.05) is 90.6 Å². The van der Waals surface area contributed by atoms with Crippen LogP contribution in [0.25, 0.3) is 11.1 Å². The number of hydrogen-bond donors (Lipinski definition) is 0. The van der Waals surface area contributed by atoms with E-state index in [0.717, 1.165) is 27.8 Å². The number of benzene rings is 3. The van der Waals surface area contributed by atoms with Crippen molar-refractivity contribution >= 4 is 17.6 Å². The minimum Gasteiger partial charge on any atom is -0.488 e. The van der Waals surface area contributed by atoms with E-state index >= 15 is 0 Å². The third-order valence-electron chi connectivity index (χ3n) is 5.41. The van der Waals surface area contributed by atoms with Gasteiger partial charge < -0.3 is 14.0 Å². The Labute approximate surface area is 193 Å². The number of rotatable bonds is 7. The van der Waals surface area contributed by atoms with Gasteiger partial charge in [-0.2, -0.15) is 0 Å². The molecule has 4 nitrogen and oxygen atoms in total. The first kappa shape index (κ1) is 21.7. The average molecular weight is 446 g/mol. The van der Waals surface area contributed by atoms with Gasteiger partial charge in [-0.25, -0.2) is 4.79 Å². The molecule has 4 aromatic rings. The zero-order valence-corrected chi connectivity index (χ0v) is 18.8. The molecule has 0 bridgehead atoms. The van der Waals surface area contributed by atoms with Crippen molar-refractivity contribution in [2.24, 2.45) is 0 Å². The van der Waals surface area contributed by atoms with E-state index in [9.17, 15) is 4.79 Å². The number of methoxy groups -OCH3 is 1. The van der Waals surface area contributed by atoms with Crippen LogP contribution in [0.4, 0.5) is 0 Å². The smallest absolute Gasteiger partial charge is 0.338 e. The molecule has 0 aliphatic rings. The summed E-state index contributed by atoms with van der Waals surface area (Å²) in [6.45, 7) is 2.96. The molecule has 0 N–H and O–H groups in total. The van der Waals surface area contributed by atoms with E-state index < -0.39 is 0 Å². The van der Waals surface area contributed by atoms with Crippen molar-refractivity contribution in [2.75, 3.05) is 7.11 Å². The Morgan fingerprint density at radius 1 is 0.938 bits per heavy atom. The molecule has 0 radical (unpaired) electrons. The van der Waals surface area contributed by atoms with E-state index in [1.165, 1.54) is 7.11 Å². The highest BCUT2D eigenvalue weighted by Crippen LogP contribution is 2.37. The van der Waals surface area contributed by atoms with Crippen LogP contribution in [0.5, 0.6) is 5.75 Å². The normalized spacial score (nSPS) is 10.7. The molecule has 0 amide bonds. The molecular weight excluding hydrogens is 422 g/mol. The highest BCUT2D eigenvalue weighted by molar-refractivity contribution is 6.31. The average Bonchev–Trinajstić information content (AvgIpc) is 3.33. The van der Waals surface area contributed by atoms with Crippen LogP contribution in [0.15, 0.2) is 85.2 Å². The lowest BCUT2D eigenvalue weighted by Crippen LogP contribution is -2.12. The molecule has 0 fully saturated rings. The number of halogens is 1. The molecule has 32 heavy (non-hydrogen) atoms. The Balaban J connectivity index is 1.82.